The van der Waals surface area contributed by atoms with E-state index in [1.165, 1.54) is 0 Å². The zero-order valence-corrected chi connectivity index (χ0v) is 13.1. The summed E-state index contributed by atoms with van der Waals surface area (Å²) in [5, 5.41) is 0. The predicted octanol–water partition coefficient (Wildman–Crippen LogP) is 1.87. The molecule has 0 unspecified atom stereocenters. The third-order valence-electron chi connectivity index (χ3n) is 4.59. The second-order valence-electron chi connectivity index (χ2n) is 6.22. The Bertz CT molecular complexity index is 849. The highest BCUT2D eigenvalue weighted by atomic mass is 16.2. The highest BCUT2D eigenvalue weighted by molar-refractivity contribution is 5.95. The first-order valence-corrected chi connectivity index (χ1v) is 7.88. The first-order chi connectivity index (χ1) is 11.2. The van der Waals surface area contributed by atoms with E-state index in [2.05, 4.69) is 14.5 Å². The Kier molecular flexibility index (Phi) is 3.37. The van der Waals surface area contributed by atoms with Gasteiger partial charge >= 0.3 is 0 Å². The summed E-state index contributed by atoms with van der Waals surface area (Å²) in [6, 6.07) is 3.74. The van der Waals surface area contributed by atoms with Crippen molar-refractivity contribution < 1.29 is 4.79 Å². The number of hydrogen-bond donors (Lipinski definition) is 0. The Morgan fingerprint density at radius 3 is 3.26 bits per heavy atom. The number of pyridine rings is 1. The normalized spacial score (nSPS) is 17.2. The summed E-state index contributed by atoms with van der Waals surface area (Å²) >= 11 is 0. The Labute approximate surface area is 134 Å². The van der Waals surface area contributed by atoms with Gasteiger partial charge in [0, 0.05) is 50.7 Å². The molecular weight excluding hydrogens is 290 g/mol. The minimum Gasteiger partial charge on any atom is -0.341 e. The quantitative estimate of drug-likeness (QED) is 0.742. The predicted molar refractivity (Wildman–Crippen MR) is 86.2 cm³/mol. The Balaban J connectivity index is 1.46. The smallest absolute Gasteiger partial charge is 0.253 e. The van der Waals surface area contributed by atoms with Crippen LogP contribution in [-0.2, 0) is 13.0 Å². The summed E-state index contributed by atoms with van der Waals surface area (Å²) in [6.45, 7) is 1.75. The molecule has 0 saturated heterocycles. The van der Waals surface area contributed by atoms with Gasteiger partial charge in [0.2, 0.25) is 0 Å². The molecule has 0 saturated carbocycles. The molecule has 3 aromatic heterocycles. The third kappa shape index (κ3) is 2.60. The van der Waals surface area contributed by atoms with Crippen molar-refractivity contribution in [2.75, 3.05) is 13.6 Å². The maximum absolute atomic E-state index is 12.7. The Morgan fingerprint density at radius 1 is 1.43 bits per heavy atom. The zero-order chi connectivity index (χ0) is 15.8. The zero-order valence-electron chi connectivity index (χ0n) is 13.1. The summed E-state index contributed by atoms with van der Waals surface area (Å²) in [7, 11) is 1.88. The number of aryl methyl sites for hydroxylation is 1. The lowest BCUT2D eigenvalue weighted by Crippen LogP contribution is -2.35. The Morgan fingerprint density at radius 2 is 2.35 bits per heavy atom. The van der Waals surface area contributed by atoms with Gasteiger partial charge in [-0.2, -0.15) is 0 Å². The van der Waals surface area contributed by atoms with E-state index in [9.17, 15) is 4.79 Å². The second kappa shape index (κ2) is 5.53. The minimum absolute atomic E-state index is 0.0580. The molecule has 0 radical (unpaired) electrons. The van der Waals surface area contributed by atoms with E-state index in [1.807, 2.05) is 47.1 Å². The molecule has 1 aliphatic heterocycles. The van der Waals surface area contributed by atoms with E-state index in [0.29, 0.717) is 11.5 Å². The SMILES string of the molecule is CN(C[C@@H]1CCn2ccnc2C1)C(=O)c1ccn2cncc2c1. The molecule has 4 rings (SSSR count). The summed E-state index contributed by atoms with van der Waals surface area (Å²) in [4.78, 5) is 23.0. The van der Waals surface area contributed by atoms with E-state index in [-0.39, 0.29) is 5.91 Å². The van der Waals surface area contributed by atoms with Gasteiger partial charge in [-0.3, -0.25) is 4.79 Å². The molecule has 0 spiro atoms. The number of rotatable bonds is 3. The van der Waals surface area contributed by atoms with Gasteiger partial charge in [0.25, 0.3) is 5.91 Å². The van der Waals surface area contributed by atoms with Gasteiger partial charge < -0.3 is 13.9 Å². The van der Waals surface area contributed by atoms with E-state index >= 15 is 0 Å². The van der Waals surface area contributed by atoms with E-state index < -0.39 is 0 Å². The highest BCUT2D eigenvalue weighted by Gasteiger charge is 2.22. The number of aromatic nitrogens is 4. The van der Waals surface area contributed by atoms with Crippen LogP contribution in [0.15, 0.2) is 43.2 Å². The van der Waals surface area contributed by atoms with Crippen LogP contribution in [0.25, 0.3) is 5.52 Å². The molecule has 0 bridgehead atoms. The van der Waals surface area contributed by atoms with E-state index in [4.69, 9.17) is 0 Å². The molecule has 6 heteroatoms. The molecule has 4 heterocycles. The molecule has 23 heavy (non-hydrogen) atoms. The fourth-order valence-electron chi connectivity index (χ4n) is 3.31. The number of amides is 1. The summed E-state index contributed by atoms with van der Waals surface area (Å²) in [6.07, 6.45) is 11.3. The van der Waals surface area contributed by atoms with Crippen LogP contribution in [-0.4, -0.2) is 43.3 Å². The minimum atomic E-state index is 0.0580. The van der Waals surface area contributed by atoms with Crippen molar-refractivity contribution in [2.24, 2.45) is 5.92 Å². The lowest BCUT2D eigenvalue weighted by molar-refractivity contribution is 0.0764. The van der Waals surface area contributed by atoms with Crippen molar-refractivity contribution in [3.8, 4) is 0 Å². The lowest BCUT2D eigenvalue weighted by atomic mass is 9.97. The number of carbonyl (C=O) groups excluding carboxylic acids is 1. The first kappa shape index (κ1) is 14.0. The van der Waals surface area contributed by atoms with Crippen LogP contribution in [0.2, 0.25) is 0 Å². The van der Waals surface area contributed by atoms with Crippen molar-refractivity contribution in [3.63, 3.8) is 0 Å². The molecule has 6 nitrogen and oxygen atoms in total. The van der Waals surface area contributed by atoms with E-state index in [0.717, 1.165) is 37.3 Å². The van der Waals surface area contributed by atoms with Crippen LogP contribution in [0.3, 0.4) is 0 Å². The average Bonchev–Trinajstić information content (AvgIpc) is 3.21. The number of carbonyl (C=O) groups is 1. The molecule has 0 N–H and O–H groups in total. The van der Waals surface area contributed by atoms with Crippen LogP contribution >= 0.6 is 0 Å². The van der Waals surface area contributed by atoms with Gasteiger partial charge in [-0.05, 0) is 24.5 Å². The number of fused-ring (bicyclic) bond motifs is 2. The molecule has 3 aromatic rings. The van der Waals surface area contributed by atoms with Gasteiger partial charge in [-0.15, -0.1) is 0 Å². The molecule has 118 valence electrons. The second-order valence-corrected chi connectivity index (χ2v) is 6.22. The molecule has 0 fully saturated rings. The topological polar surface area (TPSA) is 55.4 Å². The number of nitrogens with zero attached hydrogens (tertiary/aromatic N) is 5. The molecular formula is C17H19N5O. The summed E-state index contributed by atoms with van der Waals surface area (Å²) < 4.78 is 4.10. The average molecular weight is 309 g/mol. The van der Waals surface area contributed by atoms with Crippen LogP contribution in [0.1, 0.15) is 22.6 Å². The van der Waals surface area contributed by atoms with Gasteiger partial charge in [0.05, 0.1) is 18.0 Å². The number of imidazole rings is 2. The maximum atomic E-state index is 12.7. The highest BCUT2D eigenvalue weighted by Crippen LogP contribution is 2.20. The maximum Gasteiger partial charge on any atom is 0.253 e. The molecule has 0 aliphatic carbocycles. The van der Waals surface area contributed by atoms with Crippen LogP contribution in [0, 0.1) is 5.92 Å². The van der Waals surface area contributed by atoms with Crippen molar-refractivity contribution in [3.05, 3.63) is 54.6 Å². The van der Waals surface area contributed by atoms with Crippen molar-refractivity contribution in [2.45, 2.75) is 19.4 Å². The molecule has 1 atom stereocenters. The monoisotopic (exact) mass is 309 g/mol. The molecule has 0 aromatic carbocycles. The van der Waals surface area contributed by atoms with Gasteiger partial charge in [0.15, 0.2) is 0 Å². The van der Waals surface area contributed by atoms with Crippen molar-refractivity contribution in [1.82, 2.24) is 23.8 Å². The standard InChI is InChI=1S/C17H19N5O/c1-20(11-13-2-5-21-7-4-19-16(21)8-13)17(23)14-3-6-22-12-18-10-15(22)9-14/h3-4,6-7,9-10,12-13H,2,5,8,11H2,1H3/t13-/m1/s1. The van der Waals surface area contributed by atoms with Gasteiger partial charge in [-0.25, -0.2) is 9.97 Å². The van der Waals surface area contributed by atoms with Crippen LogP contribution in [0.5, 0.6) is 0 Å². The van der Waals surface area contributed by atoms with Crippen molar-refractivity contribution in [1.29, 1.82) is 0 Å². The number of hydrogen-bond acceptors (Lipinski definition) is 3. The largest absolute Gasteiger partial charge is 0.341 e. The molecule has 1 aliphatic rings. The van der Waals surface area contributed by atoms with E-state index in [1.54, 1.807) is 12.5 Å². The fraction of sp³-hybridized carbons (Fsp3) is 0.353. The van der Waals surface area contributed by atoms with Crippen LogP contribution in [0.4, 0.5) is 0 Å². The van der Waals surface area contributed by atoms with Crippen molar-refractivity contribution >= 4 is 11.4 Å². The molecule has 1 amide bonds. The van der Waals surface area contributed by atoms with Gasteiger partial charge in [0.1, 0.15) is 5.82 Å². The summed E-state index contributed by atoms with van der Waals surface area (Å²) in [5.41, 5.74) is 1.64. The lowest BCUT2D eigenvalue weighted by Gasteiger charge is -2.28. The third-order valence-corrected chi connectivity index (χ3v) is 4.59. The Hall–Kier alpha value is -2.63. The van der Waals surface area contributed by atoms with Crippen LogP contribution < -0.4 is 0 Å². The van der Waals surface area contributed by atoms with Gasteiger partial charge in [-0.1, -0.05) is 0 Å². The first-order valence-electron chi connectivity index (χ1n) is 7.88. The summed E-state index contributed by atoms with van der Waals surface area (Å²) in [5.74, 6) is 1.66. The fourth-order valence-corrected chi connectivity index (χ4v) is 3.31.